The largest absolute Gasteiger partial charge is 0.396 e. The Balaban J connectivity index is 4.13. The molecule has 0 amide bonds. The molecule has 1 unspecified atom stereocenters. The molecule has 212 valence electrons. The van der Waals surface area contributed by atoms with Gasteiger partial charge in [-0.15, -0.1) is 11.6 Å². The van der Waals surface area contributed by atoms with Crippen LogP contribution in [0.2, 0.25) is 0 Å². The third-order valence-corrected chi connectivity index (χ3v) is 7.56. The lowest BCUT2D eigenvalue weighted by Crippen LogP contribution is -1.97. The summed E-state index contributed by atoms with van der Waals surface area (Å²) in [4.78, 5) is 0. The van der Waals surface area contributed by atoms with Crippen LogP contribution in [0.1, 0.15) is 132 Å². The van der Waals surface area contributed by atoms with Crippen LogP contribution in [0.15, 0.2) is 69.9 Å². The fourth-order valence-corrected chi connectivity index (χ4v) is 4.38. The van der Waals surface area contributed by atoms with E-state index in [9.17, 15) is 0 Å². The Labute approximate surface area is 236 Å². The molecule has 0 heterocycles. The van der Waals surface area contributed by atoms with E-state index >= 15 is 0 Å². The van der Waals surface area contributed by atoms with Gasteiger partial charge in [0.15, 0.2) is 0 Å². The molecule has 2 heteroatoms. The van der Waals surface area contributed by atoms with Crippen LogP contribution >= 0.6 is 11.6 Å². The Morgan fingerprint density at radius 2 is 0.811 bits per heavy atom. The predicted molar refractivity (Wildman–Crippen MR) is 170 cm³/mol. The summed E-state index contributed by atoms with van der Waals surface area (Å²) in [5.41, 5.74) is 8.80. The monoisotopic (exact) mass is 530 g/mol. The summed E-state index contributed by atoms with van der Waals surface area (Å²) in [6, 6.07) is 0. The van der Waals surface area contributed by atoms with Crippen LogP contribution in [0.3, 0.4) is 0 Å². The van der Waals surface area contributed by atoms with Gasteiger partial charge in [-0.25, -0.2) is 0 Å². The lowest BCUT2D eigenvalue weighted by atomic mass is 10.0. The van der Waals surface area contributed by atoms with Crippen molar-refractivity contribution in [3.63, 3.8) is 0 Å². The van der Waals surface area contributed by atoms with Crippen molar-refractivity contribution in [1.82, 2.24) is 0 Å². The summed E-state index contributed by atoms with van der Waals surface area (Å²) in [5, 5.41) is 9.00. The maximum absolute atomic E-state index is 9.00. The first-order valence-corrected chi connectivity index (χ1v) is 15.3. The van der Waals surface area contributed by atoms with Gasteiger partial charge in [0.25, 0.3) is 0 Å². The van der Waals surface area contributed by atoms with Gasteiger partial charge in [-0.3, -0.25) is 0 Å². The van der Waals surface area contributed by atoms with Gasteiger partial charge in [0, 0.05) is 12.5 Å². The molecule has 0 saturated carbocycles. The van der Waals surface area contributed by atoms with E-state index in [1.54, 1.807) is 0 Å². The molecule has 0 radical (unpaired) electrons. The summed E-state index contributed by atoms with van der Waals surface area (Å²) in [6.07, 6.45) is 29.1. The molecule has 0 aromatic rings. The molecule has 0 aliphatic heterocycles. The molecule has 1 N–H and O–H groups in total. The van der Waals surface area contributed by atoms with Crippen molar-refractivity contribution < 1.29 is 5.11 Å². The summed E-state index contributed by atoms with van der Waals surface area (Å²) >= 11 is 5.83. The van der Waals surface area contributed by atoms with Gasteiger partial charge in [0.05, 0.1) is 0 Å². The number of alkyl halides is 1. The van der Waals surface area contributed by atoms with Crippen molar-refractivity contribution in [3.05, 3.63) is 69.9 Å². The van der Waals surface area contributed by atoms with Crippen LogP contribution in [-0.2, 0) is 0 Å². The third kappa shape index (κ3) is 23.5. The van der Waals surface area contributed by atoms with E-state index in [1.165, 1.54) is 52.7 Å². The highest BCUT2D eigenvalue weighted by Crippen LogP contribution is 2.17. The zero-order valence-electron chi connectivity index (χ0n) is 25.5. The second-order valence-electron chi connectivity index (χ2n) is 11.3. The van der Waals surface area contributed by atoms with Gasteiger partial charge in [-0.2, -0.15) is 0 Å². The number of hydrogen-bond acceptors (Lipinski definition) is 1. The number of halogens is 1. The van der Waals surface area contributed by atoms with Crippen molar-refractivity contribution in [1.29, 1.82) is 0 Å². The van der Waals surface area contributed by atoms with Crippen molar-refractivity contribution in [2.75, 3.05) is 12.5 Å². The normalized spacial score (nSPS) is 15.5. The van der Waals surface area contributed by atoms with Crippen LogP contribution in [0.25, 0.3) is 0 Å². The summed E-state index contributed by atoms with van der Waals surface area (Å²) < 4.78 is 0. The van der Waals surface area contributed by atoms with Crippen molar-refractivity contribution in [3.8, 4) is 0 Å². The second kappa shape index (κ2) is 23.8. The molecule has 0 saturated heterocycles. The number of aliphatic hydroxyl groups excluding tert-OH is 1. The molecule has 0 spiro atoms. The van der Waals surface area contributed by atoms with E-state index in [1.807, 2.05) is 0 Å². The van der Waals surface area contributed by atoms with Gasteiger partial charge in [-0.1, -0.05) is 76.8 Å². The minimum Gasteiger partial charge on any atom is -0.396 e. The van der Waals surface area contributed by atoms with Crippen LogP contribution < -0.4 is 0 Å². The van der Waals surface area contributed by atoms with Gasteiger partial charge in [0.2, 0.25) is 0 Å². The lowest BCUT2D eigenvalue weighted by molar-refractivity contribution is 0.259. The van der Waals surface area contributed by atoms with Crippen molar-refractivity contribution >= 4 is 11.6 Å². The number of rotatable bonds is 21. The topological polar surface area (TPSA) is 20.2 Å². The first-order chi connectivity index (χ1) is 17.7. The van der Waals surface area contributed by atoms with Gasteiger partial charge in [-0.05, 0) is 131 Å². The molecule has 0 aromatic carbocycles. The smallest absolute Gasteiger partial charge is 0.0433 e. The van der Waals surface area contributed by atoms with Gasteiger partial charge in [0.1, 0.15) is 0 Å². The lowest BCUT2D eigenvalue weighted by Gasteiger charge is -2.07. The quantitative estimate of drug-likeness (QED) is 0.115. The average molecular weight is 531 g/mol. The maximum Gasteiger partial charge on any atom is 0.0433 e. The molecule has 0 fully saturated rings. The maximum atomic E-state index is 9.00. The van der Waals surface area contributed by atoms with E-state index in [0.717, 1.165) is 64.2 Å². The summed E-state index contributed by atoms with van der Waals surface area (Å²) in [6.45, 7) is 16.0. The molecule has 0 aromatic heterocycles. The molecule has 1 atom stereocenters. The van der Waals surface area contributed by atoms with Gasteiger partial charge >= 0.3 is 0 Å². The van der Waals surface area contributed by atoms with Crippen molar-refractivity contribution in [2.24, 2.45) is 5.92 Å². The number of allylic oxidation sites excluding steroid dienone is 12. The van der Waals surface area contributed by atoms with E-state index < -0.39 is 0 Å². The Morgan fingerprint density at radius 1 is 0.514 bits per heavy atom. The predicted octanol–water partition coefficient (Wildman–Crippen LogP) is 11.6. The Hall–Kier alpha value is -1.31. The second-order valence-corrected chi connectivity index (χ2v) is 11.6. The zero-order chi connectivity index (χ0) is 27.9. The van der Waals surface area contributed by atoms with E-state index in [2.05, 4.69) is 84.9 Å². The Kier molecular flexibility index (Phi) is 22.9. The highest BCUT2D eigenvalue weighted by atomic mass is 35.5. The zero-order valence-corrected chi connectivity index (χ0v) is 26.2. The minimum absolute atomic E-state index is 0.312. The highest BCUT2D eigenvalue weighted by Gasteiger charge is 2.00. The van der Waals surface area contributed by atoms with E-state index in [4.69, 9.17) is 16.7 Å². The number of hydrogen-bond donors (Lipinski definition) is 1. The summed E-state index contributed by atoms with van der Waals surface area (Å²) in [7, 11) is 0. The molecular formula is C35H59ClO. The molecule has 0 aliphatic carbocycles. The molecule has 37 heavy (non-hydrogen) atoms. The highest BCUT2D eigenvalue weighted by molar-refractivity contribution is 6.19. The van der Waals surface area contributed by atoms with Crippen LogP contribution in [0.4, 0.5) is 0 Å². The SMILES string of the molecule is CC(=CCCC(C)=CCCC(C)=CCCC(C)=CCCC(C)=CCCC(C)=CCCC(C)CCO)CCl. The Bertz CT molecular complexity index is 775. The first-order valence-electron chi connectivity index (χ1n) is 14.8. The molecule has 0 aliphatic rings. The number of aliphatic hydroxyl groups is 1. The fourth-order valence-electron chi connectivity index (χ4n) is 4.28. The minimum atomic E-state index is 0.312. The fraction of sp³-hybridized carbons (Fsp3) is 0.657. The van der Waals surface area contributed by atoms with E-state index in [-0.39, 0.29) is 0 Å². The van der Waals surface area contributed by atoms with Crippen LogP contribution in [-0.4, -0.2) is 17.6 Å². The van der Waals surface area contributed by atoms with Crippen molar-refractivity contribution in [2.45, 2.75) is 132 Å². The van der Waals surface area contributed by atoms with E-state index in [0.29, 0.717) is 18.4 Å². The molecule has 0 bridgehead atoms. The third-order valence-electron chi connectivity index (χ3n) is 7.14. The standard InChI is InChI=1S/C35H59ClO/c1-29(15-9-17-31(3)19-11-21-33(5)23-13-25-35(7)28-36)14-8-16-30(2)18-10-20-32(4)22-12-24-34(6)26-27-37/h14,17-18,21-22,25,34,37H,8-13,15-16,19-20,23-24,26-28H2,1-7H3. The summed E-state index contributed by atoms with van der Waals surface area (Å²) in [5.74, 6) is 1.26. The molecule has 0 rings (SSSR count). The Morgan fingerprint density at radius 3 is 1.11 bits per heavy atom. The van der Waals surface area contributed by atoms with Crippen LogP contribution in [0, 0.1) is 5.92 Å². The molecular weight excluding hydrogens is 472 g/mol. The average Bonchev–Trinajstić information content (AvgIpc) is 2.84. The molecule has 1 nitrogen and oxygen atoms in total. The van der Waals surface area contributed by atoms with Gasteiger partial charge < -0.3 is 5.11 Å². The first kappa shape index (κ1) is 35.7. The van der Waals surface area contributed by atoms with Crippen LogP contribution in [0.5, 0.6) is 0 Å².